The van der Waals surface area contributed by atoms with E-state index in [1.54, 1.807) is 0 Å². The molecule has 0 N–H and O–H groups in total. The van der Waals surface area contributed by atoms with Crippen LogP contribution < -0.4 is 0 Å². The molecule has 0 bridgehead atoms. The van der Waals surface area contributed by atoms with E-state index in [4.69, 9.17) is 0 Å². The summed E-state index contributed by atoms with van der Waals surface area (Å²) in [5.74, 6) is 0. The summed E-state index contributed by atoms with van der Waals surface area (Å²) >= 11 is 0. The molecule has 0 radical (unpaired) electrons. The first-order valence-corrected chi connectivity index (χ1v) is 6.96. The Morgan fingerprint density at radius 1 is 1.00 bits per heavy atom. The molecule has 4 heteroatoms. The first-order chi connectivity index (χ1) is 8.41. The summed E-state index contributed by atoms with van der Waals surface area (Å²) in [5.41, 5.74) is 0. The lowest BCUT2D eigenvalue weighted by Crippen LogP contribution is -2.42. The van der Waals surface area contributed by atoms with E-state index in [9.17, 15) is 0 Å². The van der Waals surface area contributed by atoms with Gasteiger partial charge in [0.15, 0.2) is 0 Å². The molecule has 0 aromatic rings. The van der Waals surface area contributed by atoms with Crippen LogP contribution in [0.5, 0.6) is 0 Å². The minimum Gasteiger partial charge on any atom is -0.355 e. The molecule has 0 saturated heterocycles. The molecule has 4 nitrogen and oxygen atoms in total. The van der Waals surface area contributed by atoms with Crippen LogP contribution in [0.1, 0.15) is 20.8 Å². The second kappa shape index (κ2) is 7.00. The van der Waals surface area contributed by atoms with E-state index in [1.165, 1.54) is 0 Å². The van der Waals surface area contributed by atoms with Gasteiger partial charge in [-0.25, -0.2) is 0 Å². The zero-order valence-corrected chi connectivity index (χ0v) is 12.9. The summed E-state index contributed by atoms with van der Waals surface area (Å²) in [5, 5.41) is 0. The summed E-state index contributed by atoms with van der Waals surface area (Å²) in [4.78, 5) is 9.46. The number of nitrogens with zero attached hydrogens (tertiary/aromatic N) is 4. The predicted molar refractivity (Wildman–Crippen MR) is 78.3 cm³/mol. The molecule has 0 amide bonds. The van der Waals surface area contributed by atoms with E-state index in [0.29, 0.717) is 12.2 Å². The Bertz CT molecular complexity index is 263. The minimum absolute atomic E-state index is 0.491. The van der Waals surface area contributed by atoms with Crippen molar-refractivity contribution in [2.45, 2.75) is 33.0 Å². The third-order valence-corrected chi connectivity index (χ3v) is 3.81. The summed E-state index contributed by atoms with van der Waals surface area (Å²) in [7, 11) is 6.44. The second-order valence-corrected chi connectivity index (χ2v) is 5.78. The number of rotatable bonds is 7. The summed E-state index contributed by atoms with van der Waals surface area (Å²) in [6.45, 7) is 11.2. The van der Waals surface area contributed by atoms with Gasteiger partial charge in [-0.3, -0.25) is 0 Å². The third kappa shape index (κ3) is 4.50. The predicted octanol–water partition coefficient (Wildman–Crippen LogP) is 1.32. The molecular formula is C14H30N4. The molecule has 0 fully saturated rings. The highest BCUT2D eigenvalue weighted by Gasteiger charge is 2.21. The lowest BCUT2D eigenvalue weighted by Gasteiger charge is -2.32. The average molecular weight is 254 g/mol. The van der Waals surface area contributed by atoms with Crippen molar-refractivity contribution in [1.82, 2.24) is 19.6 Å². The van der Waals surface area contributed by atoms with Gasteiger partial charge in [0, 0.05) is 44.6 Å². The summed E-state index contributed by atoms with van der Waals surface area (Å²) in [6.07, 6.45) is 4.95. The van der Waals surface area contributed by atoms with Gasteiger partial charge >= 0.3 is 0 Å². The number of likely N-dealkylation sites (N-methyl/N-ethyl adjacent to an activating group) is 2. The zero-order valence-electron chi connectivity index (χ0n) is 12.9. The van der Waals surface area contributed by atoms with Crippen LogP contribution in [0.2, 0.25) is 0 Å². The van der Waals surface area contributed by atoms with Crippen molar-refractivity contribution < 1.29 is 0 Å². The van der Waals surface area contributed by atoms with E-state index >= 15 is 0 Å². The van der Waals surface area contributed by atoms with Gasteiger partial charge in [0.05, 0.1) is 6.17 Å². The molecular weight excluding hydrogens is 224 g/mol. The van der Waals surface area contributed by atoms with Crippen molar-refractivity contribution in [3.63, 3.8) is 0 Å². The smallest absolute Gasteiger partial charge is 0.0978 e. The van der Waals surface area contributed by atoms with E-state index in [2.05, 4.69) is 73.9 Å². The molecule has 1 heterocycles. The van der Waals surface area contributed by atoms with Gasteiger partial charge in [-0.1, -0.05) is 0 Å². The minimum atomic E-state index is 0.491. The van der Waals surface area contributed by atoms with Crippen molar-refractivity contribution in [1.29, 1.82) is 0 Å². The largest absolute Gasteiger partial charge is 0.355 e. The molecule has 1 aliphatic rings. The van der Waals surface area contributed by atoms with Gasteiger partial charge in [0.25, 0.3) is 0 Å². The normalized spacial score (nSPS) is 19.9. The van der Waals surface area contributed by atoms with E-state index in [-0.39, 0.29) is 0 Å². The molecule has 1 unspecified atom stereocenters. The van der Waals surface area contributed by atoms with Gasteiger partial charge in [-0.15, -0.1) is 0 Å². The van der Waals surface area contributed by atoms with Crippen molar-refractivity contribution in [3.8, 4) is 0 Å². The van der Waals surface area contributed by atoms with Crippen molar-refractivity contribution >= 4 is 0 Å². The SMILES string of the molecule is CC(C)N(C)CCN1C=CN(CCN(C)C)C1C. The monoisotopic (exact) mass is 254 g/mol. The van der Waals surface area contributed by atoms with Gasteiger partial charge in [0.1, 0.15) is 0 Å². The van der Waals surface area contributed by atoms with Gasteiger partial charge in [0.2, 0.25) is 0 Å². The maximum atomic E-state index is 2.43. The second-order valence-electron chi connectivity index (χ2n) is 5.78. The van der Waals surface area contributed by atoms with Crippen LogP contribution in [-0.4, -0.2) is 79.1 Å². The lowest BCUT2D eigenvalue weighted by atomic mass is 10.3. The van der Waals surface area contributed by atoms with Crippen LogP contribution >= 0.6 is 0 Å². The van der Waals surface area contributed by atoms with E-state index in [0.717, 1.165) is 26.2 Å². The highest BCUT2D eigenvalue weighted by Crippen LogP contribution is 2.14. The van der Waals surface area contributed by atoms with E-state index < -0.39 is 0 Å². The van der Waals surface area contributed by atoms with Crippen molar-refractivity contribution in [2.75, 3.05) is 47.3 Å². The van der Waals surface area contributed by atoms with Crippen LogP contribution in [-0.2, 0) is 0 Å². The molecule has 0 saturated carbocycles. The Hall–Kier alpha value is -0.740. The quantitative estimate of drug-likeness (QED) is 0.679. The lowest BCUT2D eigenvalue weighted by molar-refractivity contribution is 0.142. The molecule has 106 valence electrons. The molecule has 0 spiro atoms. The Morgan fingerprint density at radius 2 is 1.50 bits per heavy atom. The third-order valence-electron chi connectivity index (χ3n) is 3.81. The van der Waals surface area contributed by atoms with Crippen LogP contribution in [0.15, 0.2) is 12.4 Å². The van der Waals surface area contributed by atoms with Crippen molar-refractivity contribution in [3.05, 3.63) is 12.4 Å². The van der Waals surface area contributed by atoms with Crippen LogP contribution in [0.3, 0.4) is 0 Å². The zero-order chi connectivity index (χ0) is 13.7. The number of hydrogen-bond acceptors (Lipinski definition) is 4. The Kier molecular flexibility index (Phi) is 5.96. The highest BCUT2D eigenvalue weighted by atomic mass is 15.4. The van der Waals surface area contributed by atoms with Crippen LogP contribution in [0.4, 0.5) is 0 Å². The van der Waals surface area contributed by atoms with Crippen molar-refractivity contribution in [2.24, 2.45) is 0 Å². The van der Waals surface area contributed by atoms with Gasteiger partial charge in [-0.05, 0) is 41.9 Å². The maximum Gasteiger partial charge on any atom is 0.0978 e. The molecule has 1 rings (SSSR count). The molecule has 1 atom stereocenters. The van der Waals surface area contributed by atoms with Crippen LogP contribution in [0, 0.1) is 0 Å². The fourth-order valence-electron chi connectivity index (χ4n) is 1.98. The fraction of sp³-hybridized carbons (Fsp3) is 0.857. The fourth-order valence-corrected chi connectivity index (χ4v) is 1.98. The molecule has 18 heavy (non-hydrogen) atoms. The Labute approximate surface area is 113 Å². The summed E-state index contributed by atoms with van der Waals surface area (Å²) in [6, 6.07) is 0.622. The molecule has 0 aromatic carbocycles. The van der Waals surface area contributed by atoms with Gasteiger partial charge < -0.3 is 19.6 Å². The Balaban J connectivity index is 2.31. The average Bonchev–Trinajstić information content (AvgIpc) is 2.64. The van der Waals surface area contributed by atoms with E-state index in [1.807, 2.05) is 0 Å². The van der Waals surface area contributed by atoms with Gasteiger partial charge in [-0.2, -0.15) is 0 Å². The standard InChI is InChI=1S/C14H30N4/c1-13(2)16(6)8-10-18-12-11-17(14(18)3)9-7-15(4)5/h11-14H,7-10H2,1-6H3. The summed E-state index contributed by atoms with van der Waals surface area (Å²) < 4.78 is 0. The first kappa shape index (κ1) is 15.3. The van der Waals surface area contributed by atoms with Crippen LogP contribution in [0.25, 0.3) is 0 Å². The Morgan fingerprint density at radius 3 is 1.94 bits per heavy atom. The number of hydrogen-bond donors (Lipinski definition) is 0. The molecule has 0 aliphatic carbocycles. The topological polar surface area (TPSA) is 13.0 Å². The molecule has 1 aliphatic heterocycles. The highest BCUT2D eigenvalue weighted by molar-refractivity contribution is 4.95. The molecule has 0 aromatic heterocycles. The first-order valence-electron chi connectivity index (χ1n) is 6.96. The maximum absolute atomic E-state index is 2.43.